The van der Waals surface area contributed by atoms with E-state index in [9.17, 15) is 0 Å². The quantitative estimate of drug-likeness (QED) is 0.213. The molecule has 0 amide bonds. The van der Waals surface area contributed by atoms with Crippen LogP contribution in [0.3, 0.4) is 0 Å². The molecule has 0 spiro atoms. The molecule has 0 fully saturated rings. The van der Waals surface area contributed by atoms with Crippen molar-refractivity contribution < 1.29 is 0 Å². The molecule has 0 saturated carbocycles. The second kappa shape index (κ2) is 9.09. The summed E-state index contributed by atoms with van der Waals surface area (Å²) in [4.78, 5) is 0. The van der Waals surface area contributed by atoms with Crippen molar-refractivity contribution in [2.45, 2.75) is 12.5 Å². The first-order valence-corrected chi connectivity index (χ1v) is 14.7. The Morgan fingerprint density at radius 1 is 0.500 bits per heavy atom. The van der Waals surface area contributed by atoms with Crippen LogP contribution < -0.4 is 0 Å². The maximum atomic E-state index is 2.51. The zero-order chi connectivity index (χ0) is 27.6. The molecule has 0 N–H and O–H groups in total. The minimum atomic E-state index is 0.331. The van der Waals surface area contributed by atoms with Gasteiger partial charge in [0.2, 0.25) is 0 Å². The fourth-order valence-electron chi connectivity index (χ4n) is 7.12. The molecule has 0 bridgehead atoms. The van der Waals surface area contributed by atoms with Gasteiger partial charge in [0, 0.05) is 38.3 Å². The molecule has 2 aromatic heterocycles. The highest BCUT2D eigenvalue weighted by Gasteiger charge is 2.19. The van der Waals surface area contributed by atoms with Crippen molar-refractivity contribution in [3.63, 3.8) is 0 Å². The summed E-state index contributed by atoms with van der Waals surface area (Å²) in [6.45, 7) is 0. The van der Waals surface area contributed by atoms with Crippen molar-refractivity contribution in [3.05, 3.63) is 152 Å². The van der Waals surface area contributed by atoms with Crippen LogP contribution in [0.15, 0.2) is 152 Å². The first kappa shape index (κ1) is 23.4. The van der Waals surface area contributed by atoms with Crippen LogP contribution in [0.1, 0.15) is 12.5 Å². The number of benzene rings is 6. The smallest absolute Gasteiger partial charge is 0.0560 e. The van der Waals surface area contributed by atoms with Crippen molar-refractivity contribution in [1.82, 2.24) is 9.13 Å². The molecule has 1 unspecified atom stereocenters. The summed E-state index contributed by atoms with van der Waals surface area (Å²) < 4.78 is 4.92. The van der Waals surface area contributed by atoms with Crippen LogP contribution in [-0.4, -0.2) is 9.13 Å². The van der Waals surface area contributed by atoms with E-state index in [0.717, 1.165) is 6.42 Å². The molecule has 2 heterocycles. The molecular weight excluding hydrogens is 508 g/mol. The summed E-state index contributed by atoms with van der Waals surface area (Å²) in [6, 6.07) is 47.2. The maximum Gasteiger partial charge on any atom is 0.0560 e. The SMILES string of the molecule is C1=CCC(n2c3ccccc3c3cc(-c4ccc5c(c4)c4c6ccccc6ccc4n5-c4ccccc4)ccc32)C=C1. The highest BCUT2D eigenvalue weighted by Crippen LogP contribution is 2.40. The lowest BCUT2D eigenvalue weighted by molar-refractivity contribution is 0.648. The average molecular weight is 537 g/mol. The molecule has 2 heteroatoms. The topological polar surface area (TPSA) is 9.86 Å². The van der Waals surface area contributed by atoms with Crippen molar-refractivity contribution in [3.8, 4) is 16.8 Å². The number of allylic oxidation sites excluding steroid dienone is 4. The van der Waals surface area contributed by atoms with E-state index in [-0.39, 0.29) is 0 Å². The van der Waals surface area contributed by atoms with Crippen LogP contribution in [0.4, 0.5) is 0 Å². The van der Waals surface area contributed by atoms with E-state index in [4.69, 9.17) is 0 Å². The van der Waals surface area contributed by atoms with Crippen molar-refractivity contribution in [2.75, 3.05) is 0 Å². The number of rotatable bonds is 3. The van der Waals surface area contributed by atoms with E-state index in [2.05, 4.69) is 161 Å². The fourth-order valence-corrected chi connectivity index (χ4v) is 7.12. The number of hydrogen-bond acceptors (Lipinski definition) is 0. The Morgan fingerprint density at radius 2 is 1.19 bits per heavy atom. The Morgan fingerprint density at radius 3 is 2.02 bits per heavy atom. The molecule has 1 aliphatic carbocycles. The lowest BCUT2D eigenvalue weighted by Gasteiger charge is -2.18. The first-order chi connectivity index (χ1) is 20.8. The van der Waals surface area contributed by atoms with Gasteiger partial charge in [-0.15, -0.1) is 0 Å². The van der Waals surface area contributed by atoms with Crippen LogP contribution in [0, 0.1) is 0 Å². The maximum absolute atomic E-state index is 2.51. The van der Waals surface area contributed by atoms with Gasteiger partial charge in [0.25, 0.3) is 0 Å². The Kier molecular flexibility index (Phi) is 5.06. The monoisotopic (exact) mass is 536 g/mol. The van der Waals surface area contributed by atoms with Crippen molar-refractivity contribution >= 4 is 54.4 Å². The third-order valence-corrected chi connectivity index (χ3v) is 9.00. The molecule has 1 atom stereocenters. The summed E-state index contributed by atoms with van der Waals surface area (Å²) in [5.74, 6) is 0. The molecule has 0 saturated heterocycles. The van der Waals surface area contributed by atoms with Crippen LogP contribution in [-0.2, 0) is 0 Å². The van der Waals surface area contributed by atoms with Gasteiger partial charge in [-0.3, -0.25) is 0 Å². The Balaban J connectivity index is 1.30. The van der Waals surface area contributed by atoms with Gasteiger partial charge < -0.3 is 9.13 Å². The highest BCUT2D eigenvalue weighted by molar-refractivity contribution is 6.22. The van der Waals surface area contributed by atoms with Gasteiger partial charge in [-0.05, 0) is 76.9 Å². The second-order valence-corrected chi connectivity index (χ2v) is 11.3. The standard InChI is InChI=1S/C40H28N2/c1-3-12-30(13-4-1)41-36-18-10-9-17-33(36)34-25-28(20-22-37(34)41)29-21-23-38-35(26-29)40-32-16-8-7-11-27(32)19-24-39(40)42(38)31-14-5-2-6-15-31/h1-12,14-26,30H,13H2. The molecule has 2 nitrogen and oxygen atoms in total. The highest BCUT2D eigenvalue weighted by atomic mass is 15.0. The molecule has 42 heavy (non-hydrogen) atoms. The molecule has 8 aromatic rings. The van der Waals surface area contributed by atoms with Gasteiger partial charge in [-0.25, -0.2) is 0 Å². The van der Waals surface area contributed by atoms with Gasteiger partial charge in [0.1, 0.15) is 0 Å². The summed E-state index contributed by atoms with van der Waals surface area (Å²) in [6.07, 6.45) is 9.93. The number of para-hydroxylation sites is 2. The van der Waals surface area contributed by atoms with E-state index in [1.54, 1.807) is 0 Å². The fraction of sp³-hybridized carbons (Fsp3) is 0.0500. The van der Waals surface area contributed by atoms with Gasteiger partial charge >= 0.3 is 0 Å². The Hall–Kier alpha value is -5.34. The molecular formula is C40H28N2. The molecule has 6 aromatic carbocycles. The minimum absolute atomic E-state index is 0.331. The molecule has 0 radical (unpaired) electrons. The lowest BCUT2D eigenvalue weighted by atomic mass is 9.99. The van der Waals surface area contributed by atoms with Gasteiger partial charge in [0.15, 0.2) is 0 Å². The van der Waals surface area contributed by atoms with E-state index < -0.39 is 0 Å². The Bertz CT molecular complexity index is 2380. The van der Waals surface area contributed by atoms with Gasteiger partial charge in [-0.2, -0.15) is 0 Å². The molecule has 0 aliphatic heterocycles. The van der Waals surface area contributed by atoms with E-state index in [1.165, 1.54) is 71.2 Å². The van der Waals surface area contributed by atoms with Crippen LogP contribution in [0.5, 0.6) is 0 Å². The minimum Gasteiger partial charge on any atom is -0.333 e. The average Bonchev–Trinajstić information content (AvgIpc) is 3.58. The molecule has 1 aliphatic rings. The molecule has 198 valence electrons. The number of nitrogens with zero attached hydrogens (tertiary/aromatic N) is 2. The predicted molar refractivity (Wildman–Crippen MR) is 179 cm³/mol. The van der Waals surface area contributed by atoms with E-state index in [1.807, 2.05) is 0 Å². The predicted octanol–water partition coefficient (Wildman–Crippen LogP) is 10.8. The van der Waals surface area contributed by atoms with Crippen LogP contribution in [0.25, 0.3) is 71.2 Å². The summed E-state index contributed by atoms with van der Waals surface area (Å²) in [5, 5.41) is 7.77. The third-order valence-electron chi connectivity index (χ3n) is 9.00. The van der Waals surface area contributed by atoms with Crippen molar-refractivity contribution in [2.24, 2.45) is 0 Å². The lowest BCUT2D eigenvalue weighted by Crippen LogP contribution is -2.06. The van der Waals surface area contributed by atoms with Crippen LogP contribution in [0.2, 0.25) is 0 Å². The Labute approximate surface area is 244 Å². The zero-order valence-electron chi connectivity index (χ0n) is 23.1. The normalized spacial score (nSPS) is 15.1. The van der Waals surface area contributed by atoms with Crippen molar-refractivity contribution in [1.29, 1.82) is 0 Å². The van der Waals surface area contributed by atoms with Gasteiger partial charge in [0.05, 0.1) is 17.1 Å². The number of aromatic nitrogens is 2. The van der Waals surface area contributed by atoms with E-state index in [0.29, 0.717) is 6.04 Å². The van der Waals surface area contributed by atoms with Gasteiger partial charge in [-0.1, -0.05) is 103 Å². The van der Waals surface area contributed by atoms with Crippen LogP contribution >= 0.6 is 0 Å². The zero-order valence-corrected chi connectivity index (χ0v) is 23.1. The second-order valence-electron chi connectivity index (χ2n) is 11.3. The summed E-state index contributed by atoms with van der Waals surface area (Å²) >= 11 is 0. The first-order valence-electron chi connectivity index (χ1n) is 14.7. The molecule has 9 rings (SSSR count). The van der Waals surface area contributed by atoms with E-state index >= 15 is 0 Å². The summed E-state index contributed by atoms with van der Waals surface area (Å²) in [7, 11) is 0. The largest absolute Gasteiger partial charge is 0.333 e. The number of hydrogen-bond donors (Lipinski definition) is 0. The third kappa shape index (κ3) is 3.39. The summed E-state index contributed by atoms with van der Waals surface area (Å²) in [5.41, 5.74) is 8.71. The number of fused-ring (bicyclic) bond motifs is 8.